The summed E-state index contributed by atoms with van der Waals surface area (Å²) in [7, 11) is 0. The van der Waals surface area contributed by atoms with Crippen molar-refractivity contribution in [1.29, 1.82) is 0 Å². The summed E-state index contributed by atoms with van der Waals surface area (Å²) in [6, 6.07) is 23.5. The van der Waals surface area contributed by atoms with Crippen molar-refractivity contribution < 1.29 is 19.8 Å². The summed E-state index contributed by atoms with van der Waals surface area (Å²) in [5, 5.41) is 23.5. The van der Waals surface area contributed by atoms with Crippen molar-refractivity contribution in [2.75, 3.05) is 0 Å². The highest BCUT2D eigenvalue weighted by Crippen LogP contribution is 2.26. The van der Waals surface area contributed by atoms with Gasteiger partial charge in [-0.2, -0.15) is 0 Å². The van der Waals surface area contributed by atoms with E-state index in [0.717, 1.165) is 34.2 Å². The Balaban J connectivity index is 1.32. The Kier molecular flexibility index (Phi) is 7.10. The first-order chi connectivity index (χ1) is 16.3. The van der Waals surface area contributed by atoms with E-state index < -0.39 is 30.1 Å². The van der Waals surface area contributed by atoms with Crippen LogP contribution in [0.3, 0.4) is 0 Å². The molecular formula is C28H30N2O4. The Morgan fingerprint density at radius 1 is 0.882 bits per heavy atom. The van der Waals surface area contributed by atoms with E-state index in [1.54, 1.807) is 6.92 Å². The number of aliphatic hydroxyl groups is 2. The SMILES string of the molecule is Cc1cccc2c1CN(C(=O)[C@H](O)[C@@H](O)C(=O)N[C@H](C)c1ccc(Cc3ccccc3)cc1)C2. The monoisotopic (exact) mass is 458 g/mol. The van der Waals surface area contributed by atoms with Crippen LogP contribution in [-0.4, -0.2) is 39.1 Å². The van der Waals surface area contributed by atoms with Gasteiger partial charge in [0.25, 0.3) is 11.8 Å². The fourth-order valence-corrected chi connectivity index (χ4v) is 4.35. The Bertz CT molecular complexity index is 1160. The quantitative estimate of drug-likeness (QED) is 0.508. The van der Waals surface area contributed by atoms with Gasteiger partial charge in [-0.15, -0.1) is 0 Å². The van der Waals surface area contributed by atoms with Gasteiger partial charge in [0.2, 0.25) is 0 Å². The van der Waals surface area contributed by atoms with Gasteiger partial charge in [-0.25, -0.2) is 0 Å². The van der Waals surface area contributed by atoms with Gasteiger partial charge in [0, 0.05) is 13.1 Å². The van der Waals surface area contributed by atoms with Crippen molar-refractivity contribution in [2.45, 2.75) is 51.6 Å². The summed E-state index contributed by atoms with van der Waals surface area (Å²) >= 11 is 0. The predicted octanol–water partition coefficient (Wildman–Crippen LogP) is 3.03. The lowest BCUT2D eigenvalue weighted by Crippen LogP contribution is -2.50. The third-order valence-electron chi connectivity index (χ3n) is 6.44. The largest absolute Gasteiger partial charge is 0.380 e. The number of amides is 2. The molecule has 3 N–H and O–H groups in total. The first-order valence-corrected chi connectivity index (χ1v) is 11.5. The highest BCUT2D eigenvalue weighted by Gasteiger charge is 2.36. The second kappa shape index (κ2) is 10.2. The highest BCUT2D eigenvalue weighted by molar-refractivity contribution is 5.91. The van der Waals surface area contributed by atoms with Gasteiger partial charge >= 0.3 is 0 Å². The summed E-state index contributed by atoms with van der Waals surface area (Å²) in [6.07, 6.45) is -2.86. The second-order valence-electron chi connectivity index (χ2n) is 8.93. The average Bonchev–Trinajstić information content (AvgIpc) is 3.29. The molecule has 0 saturated carbocycles. The molecule has 0 unspecified atom stereocenters. The minimum atomic E-state index is -1.85. The minimum Gasteiger partial charge on any atom is -0.380 e. The fourth-order valence-electron chi connectivity index (χ4n) is 4.35. The number of carbonyl (C=O) groups excluding carboxylic acids is 2. The Hall–Kier alpha value is -3.48. The molecular weight excluding hydrogens is 428 g/mol. The zero-order valence-corrected chi connectivity index (χ0v) is 19.4. The average molecular weight is 459 g/mol. The van der Waals surface area contributed by atoms with Gasteiger partial charge in [0.15, 0.2) is 12.2 Å². The van der Waals surface area contributed by atoms with E-state index in [9.17, 15) is 19.8 Å². The summed E-state index contributed by atoms with van der Waals surface area (Å²) in [4.78, 5) is 26.8. The molecule has 1 aliphatic heterocycles. The molecule has 0 radical (unpaired) electrons. The molecule has 0 aliphatic carbocycles. The lowest BCUT2D eigenvalue weighted by atomic mass is 10.0. The Labute approximate surface area is 199 Å². The molecule has 0 bridgehead atoms. The van der Waals surface area contributed by atoms with Crippen LogP contribution in [0.15, 0.2) is 72.8 Å². The molecule has 0 saturated heterocycles. The number of hydrogen-bond donors (Lipinski definition) is 3. The Morgan fingerprint density at radius 2 is 1.56 bits per heavy atom. The molecule has 176 valence electrons. The predicted molar refractivity (Wildman–Crippen MR) is 130 cm³/mol. The third-order valence-corrected chi connectivity index (χ3v) is 6.44. The lowest BCUT2D eigenvalue weighted by molar-refractivity contribution is -0.153. The van der Waals surface area contributed by atoms with E-state index in [1.165, 1.54) is 10.5 Å². The van der Waals surface area contributed by atoms with E-state index in [4.69, 9.17) is 0 Å². The van der Waals surface area contributed by atoms with Crippen molar-refractivity contribution >= 4 is 11.8 Å². The van der Waals surface area contributed by atoms with Gasteiger partial charge < -0.3 is 20.4 Å². The number of fused-ring (bicyclic) bond motifs is 1. The summed E-state index contributed by atoms with van der Waals surface area (Å²) in [6.45, 7) is 4.48. The molecule has 3 atom stereocenters. The number of carbonyl (C=O) groups is 2. The van der Waals surface area contributed by atoms with Crippen molar-refractivity contribution in [2.24, 2.45) is 0 Å². The van der Waals surface area contributed by atoms with Crippen molar-refractivity contribution in [3.63, 3.8) is 0 Å². The van der Waals surface area contributed by atoms with E-state index in [-0.39, 0.29) is 0 Å². The van der Waals surface area contributed by atoms with Gasteiger partial charge in [-0.3, -0.25) is 9.59 Å². The van der Waals surface area contributed by atoms with Crippen LogP contribution in [-0.2, 0) is 29.1 Å². The zero-order valence-electron chi connectivity index (χ0n) is 19.4. The molecule has 34 heavy (non-hydrogen) atoms. The fraction of sp³-hybridized carbons (Fsp3) is 0.286. The normalized spacial score (nSPS) is 15.4. The maximum Gasteiger partial charge on any atom is 0.255 e. The first kappa shape index (κ1) is 23.7. The lowest BCUT2D eigenvalue weighted by Gasteiger charge is -2.24. The molecule has 6 nitrogen and oxygen atoms in total. The van der Waals surface area contributed by atoms with Crippen LogP contribution < -0.4 is 5.32 Å². The number of nitrogens with one attached hydrogen (secondary N) is 1. The minimum absolute atomic E-state index is 0.354. The molecule has 6 heteroatoms. The molecule has 2 amide bonds. The van der Waals surface area contributed by atoms with Gasteiger partial charge in [0.05, 0.1) is 6.04 Å². The topological polar surface area (TPSA) is 89.9 Å². The highest BCUT2D eigenvalue weighted by atomic mass is 16.3. The van der Waals surface area contributed by atoms with E-state index in [0.29, 0.717) is 13.1 Å². The van der Waals surface area contributed by atoms with Crippen molar-refractivity contribution in [1.82, 2.24) is 10.2 Å². The molecule has 0 spiro atoms. The van der Waals surface area contributed by atoms with Crippen LogP contribution in [0.1, 0.15) is 46.3 Å². The number of rotatable bonds is 7. The molecule has 0 fully saturated rings. The van der Waals surface area contributed by atoms with Gasteiger partial charge in [0.1, 0.15) is 0 Å². The van der Waals surface area contributed by atoms with E-state index in [1.807, 2.05) is 67.6 Å². The molecule has 4 rings (SSSR count). The van der Waals surface area contributed by atoms with Crippen LogP contribution in [0.5, 0.6) is 0 Å². The van der Waals surface area contributed by atoms with E-state index >= 15 is 0 Å². The standard InChI is InChI=1S/C28H30N2O4/c1-18-7-6-10-23-16-30(17-24(18)23)28(34)26(32)25(31)27(33)29-19(2)22-13-11-21(12-14-22)15-20-8-4-3-5-9-20/h3-14,19,25-26,31-32H,15-17H2,1-2H3,(H,29,33)/t19-,25-,26-/m1/s1. The summed E-state index contributed by atoms with van der Waals surface area (Å²) in [5.41, 5.74) is 6.37. The van der Waals surface area contributed by atoms with Crippen LogP contribution in [0.2, 0.25) is 0 Å². The first-order valence-electron chi connectivity index (χ1n) is 11.5. The van der Waals surface area contributed by atoms with Crippen molar-refractivity contribution in [3.05, 3.63) is 106 Å². The van der Waals surface area contributed by atoms with Gasteiger partial charge in [-0.05, 0) is 53.6 Å². The van der Waals surface area contributed by atoms with Gasteiger partial charge in [-0.1, -0.05) is 72.8 Å². The van der Waals surface area contributed by atoms with Crippen LogP contribution in [0, 0.1) is 6.92 Å². The van der Waals surface area contributed by atoms with Crippen LogP contribution in [0.4, 0.5) is 0 Å². The number of aliphatic hydroxyl groups excluding tert-OH is 2. The van der Waals surface area contributed by atoms with Crippen LogP contribution >= 0.6 is 0 Å². The molecule has 3 aromatic rings. The number of aryl methyl sites for hydroxylation is 1. The molecule has 3 aromatic carbocycles. The third kappa shape index (κ3) is 5.19. The van der Waals surface area contributed by atoms with E-state index in [2.05, 4.69) is 17.4 Å². The van der Waals surface area contributed by atoms with Crippen LogP contribution in [0.25, 0.3) is 0 Å². The zero-order chi connectivity index (χ0) is 24.2. The Morgan fingerprint density at radius 3 is 2.24 bits per heavy atom. The number of nitrogens with zero attached hydrogens (tertiary/aromatic N) is 1. The summed E-state index contributed by atoms with van der Waals surface area (Å²) in [5.74, 6) is -1.44. The number of benzene rings is 3. The number of hydrogen-bond acceptors (Lipinski definition) is 4. The second-order valence-corrected chi connectivity index (χ2v) is 8.93. The molecule has 0 aromatic heterocycles. The van der Waals surface area contributed by atoms with Crippen molar-refractivity contribution in [3.8, 4) is 0 Å². The summed E-state index contributed by atoms with van der Waals surface area (Å²) < 4.78 is 0. The maximum atomic E-state index is 12.8. The molecule has 1 heterocycles. The smallest absolute Gasteiger partial charge is 0.255 e. The maximum absolute atomic E-state index is 12.8. The molecule has 1 aliphatic rings.